The van der Waals surface area contributed by atoms with Gasteiger partial charge in [-0.05, 0) is 60.7 Å². The van der Waals surface area contributed by atoms with Gasteiger partial charge in [-0.1, -0.05) is 19.3 Å². The lowest BCUT2D eigenvalue weighted by molar-refractivity contribution is -0.0795. The quantitative estimate of drug-likeness (QED) is 0.861. The number of ether oxygens (including phenoxy) is 1. The average molecular weight is 282 g/mol. The first-order chi connectivity index (χ1) is 9.37. The molecule has 2 rings (SSSR count). The molecule has 2 fully saturated rings. The lowest BCUT2D eigenvalue weighted by Gasteiger charge is -2.35. The van der Waals surface area contributed by atoms with E-state index in [1.54, 1.807) is 0 Å². The molecule has 0 aliphatic carbocycles. The Morgan fingerprint density at radius 3 is 2.05 bits per heavy atom. The van der Waals surface area contributed by atoms with Crippen molar-refractivity contribution in [3.8, 4) is 0 Å². The van der Waals surface area contributed by atoms with E-state index < -0.39 is 0 Å². The van der Waals surface area contributed by atoms with Crippen LogP contribution >= 0.6 is 0 Å². The first kappa shape index (κ1) is 16.3. The molecule has 0 aromatic carbocycles. The minimum Gasteiger partial charge on any atom is -0.368 e. The average Bonchev–Trinajstić information content (AvgIpc) is 2.46. The van der Waals surface area contributed by atoms with E-state index in [0.29, 0.717) is 12.0 Å². The first-order valence-electron chi connectivity index (χ1n) is 8.46. The van der Waals surface area contributed by atoms with Gasteiger partial charge in [0.15, 0.2) is 0 Å². The molecule has 0 radical (unpaired) electrons. The molecule has 0 saturated carbocycles. The Balaban J connectivity index is 2.04. The Bertz CT molecular complexity index is 306. The molecule has 3 heteroatoms. The fraction of sp³-hybridized carbons (Fsp3) is 1.00. The van der Waals surface area contributed by atoms with E-state index in [0.717, 1.165) is 0 Å². The largest absolute Gasteiger partial charge is 0.368 e. The van der Waals surface area contributed by atoms with Crippen LogP contribution < -0.4 is 5.32 Å². The molecular formula is C17H34N2O. The van der Waals surface area contributed by atoms with Gasteiger partial charge in [0.25, 0.3) is 0 Å². The molecule has 2 aliphatic heterocycles. The minimum absolute atomic E-state index is 0.0421. The van der Waals surface area contributed by atoms with Crippen LogP contribution in [-0.4, -0.2) is 48.8 Å². The van der Waals surface area contributed by atoms with Crippen molar-refractivity contribution >= 4 is 0 Å². The third-order valence-corrected chi connectivity index (χ3v) is 5.28. The van der Waals surface area contributed by atoms with Crippen LogP contribution in [0.4, 0.5) is 0 Å². The highest BCUT2D eigenvalue weighted by molar-refractivity contribution is 5.05. The highest BCUT2D eigenvalue weighted by Gasteiger charge is 2.53. The number of nitrogens with zero attached hydrogens (tertiary/aromatic N) is 1. The van der Waals surface area contributed by atoms with Gasteiger partial charge in [0, 0.05) is 18.5 Å². The van der Waals surface area contributed by atoms with Gasteiger partial charge in [0.1, 0.15) is 0 Å². The number of nitrogens with one attached hydrogen (secondary N) is 1. The minimum atomic E-state index is -0.0777. The van der Waals surface area contributed by atoms with Gasteiger partial charge in [0.2, 0.25) is 0 Å². The third kappa shape index (κ3) is 3.55. The van der Waals surface area contributed by atoms with Gasteiger partial charge in [-0.2, -0.15) is 0 Å². The zero-order chi connectivity index (χ0) is 14.8. The SMILES string of the molecule is CNC1C(CN2CCCCCCC2)C(C)(C)OC1(C)C. The molecular weight excluding hydrogens is 248 g/mol. The van der Waals surface area contributed by atoms with Gasteiger partial charge >= 0.3 is 0 Å². The number of rotatable bonds is 3. The molecule has 3 nitrogen and oxygen atoms in total. The summed E-state index contributed by atoms with van der Waals surface area (Å²) in [7, 11) is 2.08. The number of hydrogen-bond acceptors (Lipinski definition) is 3. The Kier molecular flexibility index (Phi) is 5.14. The lowest BCUT2D eigenvalue weighted by atomic mass is 9.82. The molecule has 2 unspecified atom stereocenters. The summed E-state index contributed by atoms with van der Waals surface area (Å²) >= 11 is 0. The predicted molar refractivity (Wildman–Crippen MR) is 85.1 cm³/mol. The summed E-state index contributed by atoms with van der Waals surface area (Å²) in [4.78, 5) is 2.68. The molecule has 0 aromatic heterocycles. The zero-order valence-corrected chi connectivity index (χ0v) is 14.2. The number of likely N-dealkylation sites (tertiary alicyclic amines) is 1. The first-order valence-corrected chi connectivity index (χ1v) is 8.46. The molecule has 0 aromatic rings. The Hall–Kier alpha value is -0.120. The van der Waals surface area contributed by atoms with Crippen LogP contribution in [0.3, 0.4) is 0 Å². The summed E-state index contributed by atoms with van der Waals surface area (Å²) in [5.41, 5.74) is -0.120. The smallest absolute Gasteiger partial charge is 0.0790 e. The second-order valence-electron chi connectivity index (χ2n) is 7.75. The van der Waals surface area contributed by atoms with Crippen molar-refractivity contribution < 1.29 is 4.74 Å². The molecule has 2 heterocycles. The van der Waals surface area contributed by atoms with Crippen LogP contribution in [0.25, 0.3) is 0 Å². The van der Waals surface area contributed by atoms with Gasteiger partial charge in [-0.25, -0.2) is 0 Å². The molecule has 0 spiro atoms. The van der Waals surface area contributed by atoms with Crippen LogP contribution in [0.5, 0.6) is 0 Å². The third-order valence-electron chi connectivity index (χ3n) is 5.28. The Morgan fingerprint density at radius 2 is 1.50 bits per heavy atom. The normalized spacial score (nSPS) is 34.6. The molecule has 118 valence electrons. The molecule has 2 aliphatic rings. The molecule has 1 N–H and O–H groups in total. The maximum absolute atomic E-state index is 6.36. The monoisotopic (exact) mass is 282 g/mol. The van der Waals surface area contributed by atoms with E-state index in [2.05, 4.69) is 45.0 Å². The van der Waals surface area contributed by atoms with Gasteiger partial charge in [0.05, 0.1) is 11.2 Å². The highest BCUT2D eigenvalue weighted by Crippen LogP contribution is 2.42. The Labute approximate surface area is 125 Å². The maximum atomic E-state index is 6.36. The molecule has 0 amide bonds. The highest BCUT2D eigenvalue weighted by atomic mass is 16.5. The van der Waals surface area contributed by atoms with Crippen LogP contribution in [0.15, 0.2) is 0 Å². The molecule has 20 heavy (non-hydrogen) atoms. The maximum Gasteiger partial charge on any atom is 0.0790 e. The number of likely N-dealkylation sites (N-methyl/N-ethyl adjacent to an activating group) is 1. The summed E-state index contributed by atoms with van der Waals surface area (Å²) in [5.74, 6) is 0.557. The number of hydrogen-bond donors (Lipinski definition) is 1. The van der Waals surface area contributed by atoms with Crippen molar-refractivity contribution in [2.75, 3.05) is 26.7 Å². The van der Waals surface area contributed by atoms with Crippen molar-refractivity contribution in [2.24, 2.45) is 5.92 Å². The van der Waals surface area contributed by atoms with Crippen molar-refractivity contribution in [3.63, 3.8) is 0 Å². The summed E-state index contributed by atoms with van der Waals surface area (Å²) < 4.78 is 6.36. The van der Waals surface area contributed by atoms with Gasteiger partial charge in [-0.3, -0.25) is 0 Å². The zero-order valence-electron chi connectivity index (χ0n) is 14.2. The van der Waals surface area contributed by atoms with Crippen molar-refractivity contribution in [2.45, 2.75) is 77.0 Å². The van der Waals surface area contributed by atoms with E-state index in [1.165, 1.54) is 51.7 Å². The van der Waals surface area contributed by atoms with E-state index in [1.807, 2.05) is 0 Å². The molecule has 2 atom stereocenters. The second kappa shape index (κ2) is 6.33. The predicted octanol–water partition coefficient (Wildman–Crippen LogP) is 3.04. The molecule has 2 saturated heterocycles. The van der Waals surface area contributed by atoms with Crippen molar-refractivity contribution in [1.29, 1.82) is 0 Å². The summed E-state index contributed by atoms with van der Waals surface area (Å²) in [6.45, 7) is 12.7. The lowest BCUT2D eigenvalue weighted by Crippen LogP contribution is -2.50. The fourth-order valence-corrected chi connectivity index (χ4v) is 4.35. The Morgan fingerprint density at radius 1 is 0.950 bits per heavy atom. The fourth-order valence-electron chi connectivity index (χ4n) is 4.35. The van der Waals surface area contributed by atoms with Crippen molar-refractivity contribution in [1.82, 2.24) is 10.2 Å². The standard InChI is InChI=1S/C17H34N2O/c1-16(2)14(15(18-5)17(3,4)20-16)13-19-11-9-7-6-8-10-12-19/h14-15,18H,6-13H2,1-5H3. The summed E-state index contributed by atoms with van der Waals surface area (Å²) in [6.07, 6.45) is 6.96. The van der Waals surface area contributed by atoms with Gasteiger partial charge < -0.3 is 15.0 Å². The molecule has 0 bridgehead atoms. The van der Waals surface area contributed by atoms with E-state index in [9.17, 15) is 0 Å². The summed E-state index contributed by atoms with van der Waals surface area (Å²) in [6, 6.07) is 0.433. The van der Waals surface area contributed by atoms with E-state index in [-0.39, 0.29) is 11.2 Å². The van der Waals surface area contributed by atoms with Crippen LogP contribution in [0.2, 0.25) is 0 Å². The topological polar surface area (TPSA) is 24.5 Å². The second-order valence-corrected chi connectivity index (χ2v) is 7.75. The summed E-state index contributed by atoms with van der Waals surface area (Å²) in [5, 5.41) is 3.53. The van der Waals surface area contributed by atoms with Crippen LogP contribution in [0, 0.1) is 5.92 Å². The van der Waals surface area contributed by atoms with Crippen LogP contribution in [-0.2, 0) is 4.74 Å². The van der Waals surface area contributed by atoms with Crippen molar-refractivity contribution in [3.05, 3.63) is 0 Å². The van der Waals surface area contributed by atoms with E-state index >= 15 is 0 Å². The van der Waals surface area contributed by atoms with Crippen LogP contribution in [0.1, 0.15) is 59.8 Å². The van der Waals surface area contributed by atoms with Gasteiger partial charge in [-0.15, -0.1) is 0 Å². The van der Waals surface area contributed by atoms with E-state index in [4.69, 9.17) is 4.74 Å².